The lowest BCUT2D eigenvalue weighted by molar-refractivity contribution is 0.746. The van der Waals surface area contributed by atoms with Crippen molar-refractivity contribution in [2.75, 3.05) is 12.4 Å². The van der Waals surface area contributed by atoms with Crippen molar-refractivity contribution in [3.8, 4) is 11.3 Å². The normalized spacial score (nSPS) is 10.4. The van der Waals surface area contributed by atoms with E-state index < -0.39 is 0 Å². The highest BCUT2D eigenvalue weighted by Crippen LogP contribution is 2.26. The molecule has 5 heteroatoms. The fraction of sp³-hybridized carbons (Fsp3) is 0.364. The maximum absolute atomic E-state index is 4.40. The Balaban J connectivity index is 2.57. The minimum atomic E-state index is 0.783. The van der Waals surface area contributed by atoms with Gasteiger partial charge in [0.1, 0.15) is 5.69 Å². The van der Waals surface area contributed by atoms with E-state index in [1.165, 1.54) is 0 Å². The molecule has 0 fully saturated rings. The lowest BCUT2D eigenvalue weighted by Crippen LogP contribution is -1.98. The molecule has 2 aromatic rings. The highest BCUT2D eigenvalue weighted by molar-refractivity contribution is 5.72. The van der Waals surface area contributed by atoms with Crippen molar-refractivity contribution < 1.29 is 0 Å². The average molecular weight is 217 g/mol. The van der Waals surface area contributed by atoms with Gasteiger partial charge in [0.25, 0.3) is 0 Å². The molecule has 0 aliphatic rings. The summed E-state index contributed by atoms with van der Waals surface area (Å²) in [5.41, 5.74) is 2.94. The first kappa shape index (κ1) is 10.6. The van der Waals surface area contributed by atoms with Gasteiger partial charge >= 0.3 is 0 Å². The molecule has 0 saturated carbocycles. The van der Waals surface area contributed by atoms with Crippen LogP contribution < -0.4 is 5.32 Å². The second-order valence-corrected chi connectivity index (χ2v) is 3.52. The minimum Gasteiger partial charge on any atom is -0.371 e. The van der Waals surface area contributed by atoms with Crippen molar-refractivity contribution in [3.63, 3.8) is 0 Å². The Kier molecular flexibility index (Phi) is 2.85. The van der Waals surface area contributed by atoms with Crippen molar-refractivity contribution >= 4 is 5.82 Å². The molecule has 2 heterocycles. The Morgan fingerprint density at radius 2 is 2.06 bits per heavy atom. The van der Waals surface area contributed by atoms with Gasteiger partial charge in [-0.2, -0.15) is 5.10 Å². The summed E-state index contributed by atoms with van der Waals surface area (Å²) in [6.07, 6.45) is 6.24. The predicted octanol–water partition coefficient (Wildman–Crippen LogP) is 1.48. The van der Waals surface area contributed by atoms with Gasteiger partial charge in [-0.1, -0.05) is 6.92 Å². The average Bonchev–Trinajstić information content (AvgIpc) is 2.70. The van der Waals surface area contributed by atoms with Crippen LogP contribution in [0.4, 0.5) is 5.82 Å². The molecule has 2 aromatic heterocycles. The van der Waals surface area contributed by atoms with Gasteiger partial charge < -0.3 is 5.32 Å². The van der Waals surface area contributed by atoms with E-state index in [9.17, 15) is 0 Å². The molecule has 0 radical (unpaired) electrons. The van der Waals surface area contributed by atoms with Crippen molar-refractivity contribution in [1.29, 1.82) is 0 Å². The molecular formula is C11H15N5. The van der Waals surface area contributed by atoms with Gasteiger partial charge in [-0.25, -0.2) is 4.98 Å². The molecule has 16 heavy (non-hydrogen) atoms. The molecule has 0 aromatic carbocycles. The molecule has 0 saturated heterocycles. The second kappa shape index (κ2) is 4.30. The highest BCUT2D eigenvalue weighted by atomic mass is 15.3. The summed E-state index contributed by atoms with van der Waals surface area (Å²) in [6, 6.07) is 0. The van der Waals surface area contributed by atoms with Crippen LogP contribution in [-0.4, -0.2) is 26.8 Å². The van der Waals surface area contributed by atoms with E-state index in [0.717, 1.165) is 29.2 Å². The fourth-order valence-electron chi connectivity index (χ4n) is 1.71. The molecule has 0 amide bonds. The van der Waals surface area contributed by atoms with E-state index in [1.54, 1.807) is 12.4 Å². The van der Waals surface area contributed by atoms with Gasteiger partial charge in [0.05, 0.1) is 5.69 Å². The van der Waals surface area contributed by atoms with Crippen LogP contribution in [0, 0.1) is 0 Å². The van der Waals surface area contributed by atoms with Gasteiger partial charge in [-0.05, 0) is 6.42 Å². The van der Waals surface area contributed by atoms with Crippen molar-refractivity contribution in [3.05, 3.63) is 24.3 Å². The van der Waals surface area contributed by atoms with Crippen LogP contribution in [0.15, 0.2) is 18.6 Å². The summed E-state index contributed by atoms with van der Waals surface area (Å²) >= 11 is 0. The Labute approximate surface area is 94.5 Å². The SMILES string of the molecule is CCc1nn(C)cc1-c1nccnc1NC. The van der Waals surface area contributed by atoms with Crippen LogP contribution >= 0.6 is 0 Å². The molecule has 84 valence electrons. The zero-order valence-electron chi connectivity index (χ0n) is 9.73. The first-order valence-electron chi connectivity index (χ1n) is 5.28. The van der Waals surface area contributed by atoms with E-state index in [2.05, 4.69) is 27.3 Å². The van der Waals surface area contributed by atoms with Gasteiger partial charge in [-0.3, -0.25) is 9.67 Å². The smallest absolute Gasteiger partial charge is 0.152 e. The zero-order valence-corrected chi connectivity index (χ0v) is 9.73. The largest absolute Gasteiger partial charge is 0.371 e. The molecule has 1 N–H and O–H groups in total. The monoisotopic (exact) mass is 217 g/mol. The molecule has 0 spiro atoms. The molecule has 2 rings (SSSR count). The molecule has 0 aliphatic heterocycles. The predicted molar refractivity (Wildman–Crippen MR) is 63.2 cm³/mol. The number of nitrogens with one attached hydrogen (secondary N) is 1. The van der Waals surface area contributed by atoms with E-state index in [1.807, 2.05) is 25.0 Å². The van der Waals surface area contributed by atoms with Gasteiger partial charge in [0, 0.05) is 38.2 Å². The van der Waals surface area contributed by atoms with E-state index >= 15 is 0 Å². The fourth-order valence-corrected chi connectivity index (χ4v) is 1.71. The van der Waals surface area contributed by atoms with E-state index in [4.69, 9.17) is 0 Å². The molecule has 5 nitrogen and oxygen atoms in total. The number of aryl methyl sites for hydroxylation is 2. The van der Waals surface area contributed by atoms with Gasteiger partial charge in [-0.15, -0.1) is 0 Å². The minimum absolute atomic E-state index is 0.783. The number of aromatic nitrogens is 4. The highest BCUT2D eigenvalue weighted by Gasteiger charge is 2.13. The number of rotatable bonds is 3. The summed E-state index contributed by atoms with van der Waals surface area (Å²) in [7, 11) is 3.76. The molecule has 0 atom stereocenters. The molecule has 0 bridgehead atoms. The second-order valence-electron chi connectivity index (χ2n) is 3.52. The topological polar surface area (TPSA) is 55.6 Å². The first-order valence-corrected chi connectivity index (χ1v) is 5.28. The Hall–Kier alpha value is -1.91. The van der Waals surface area contributed by atoms with E-state index in [-0.39, 0.29) is 0 Å². The van der Waals surface area contributed by atoms with E-state index in [0.29, 0.717) is 0 Å². The standard InChI is InChI=1S/C11H15N5/c1-4-9-8(7-16(3)15-9)10-11(12-2)14-6-5-13-10/h5-7H,4H2,1-3H3,(H,12,14). The van der Waals surface area contributed by atoms with Crippen LogP contribution in [0.25, 0.3) is 11.3 Å². The van der Waals surface area contributed by atoms with Crippen molar-refractivity contribution in [2.45, 2.75) is 13.3 Å². The Morgan fingerprint density at radius 3 is 2.75 bits per heavy atom. The Bertz CT molecular complexity index is 489. The summed E-state index contributed by atoms with van der Waals surface area (Å²) in [5, 5.41) is 7.45. The third kappa shape index (κ3) is 1.76. The maximum Gasteiger partial charge on any atom is 0.152 e. The summed E-state index contributed by atoms with van der Waals surface area (Å²) in [6.45, 7) is 2.08. The lowest BCUT2D eigenvalue weighted by atomic mass is 10.1. The molecule has 0 aliphatic carbocycles. The van der Waals surface area contributed by atoms with Crippen LogP contribution in [0.5, 0.6) is 0 Å². The van der Waals surface area contributed by atoms with Crippen LogP contribution in [0.3, 0.4) is 0 Å². The quantitative estimate of drug-likeness (QED) is 0.846. The number of hydrogen-bond acceptors (Lipinski definition) is 4. The number of hydrogen-bond donors (Lipinski definition) is 1. The molecule has 0 unspecified atom stereocenters. The summed E-state index contributed by atoms with van der Waals surface area (Å²) in [4.78, 5) is 8.61. The third-order valence-corrected chi connectivity index (χ3v) is 2.43. The van der Waals surface area contributed by atoms with Crippen molar-refractivity contribution in [1.82, 2.24) is 19.7 Å². The zero-order chi connectivity index (χ0) is 11.5. The maximum atomic E-state index is 4.40. The summed E-state index contributed by atoms with van der Waals surface area (Å²) < 4.78 is 1.81. The first-order chi connectivity index (χ1) is 7.76. The van der Waals surface area contributed by atoms with Crippen molar-refractivity contribution in [2.24, 2.45) is 7.05 Å². The van der Waals surface area contributed by atoms with Crippen LogP contribution in [0.1, 0.15) is 12.6 Å². The number of nitrogens with zero attached hydrogens (tertiary/aromatic N) is 4. The van der Waals surface area contributed by atoms with Crippen LogP contribution in [0.2, 0.25) is 0 Å². The molecular weight excluding hydrogens is 202 g/mol. The summed E-state index contributed by atoms with van der Waals surface area (Å²) in [5.74, 6) is 0.783. The number of anilines is 1. The third-order valence-electron chi connectivity index (χ3n) is 2.43. The lowest BCUT2D eigenvalue weighted by Gasteiger charge is -2.05. The Morgan fingerprint density at radius 1 is 1.31 bits per heavy atom. The van der Waals surface area contributed by atoms with Crippen LogP contribution in [-0.2, 0) is 13.5 Å². The van der Waals surface area contributed by atoms with Gasteiger partial charge in [0.2, 0.25) is 0 Å². The van der Waals surface area contributed by atoms with Gasteiger partial charge in [0.15, 0.2) is 5.82 Å².